The molecule has 0 amide bonds. The van der Waals surface area contributed by atoms with Crippen molar-refractivity contribution in [3.8, 4) is 0 Å². The van der Waals surface area contributed by atoms with Crippen molar-refractivity contribution in [1.29, 1.82) is 0 Å². The molecule has 2 rings (SSSR count). The molecule has 0 bridgehead atoms. The number of hydrogen-bond acceptors (Lipinski definition) is 7. The second kappa shape index (κ2) is 8.51. The Morgan fingerprint density at radius 3 is 2.48 bits per heavy atom. The largest absolute Gasteiger partial charge is 0.379 e. The van der Waals surface area contributed by atoms with Gasteiger partial charge in [-0.25, -0.2) is 8.42 Å². The van der Waals surface area contributed by atoms with E-state index in [4.69, 9.17) is 4.74 Å². The third kappa shape index (κ3) is 5.61. The van der Waals surface area contributed by atoms with Crippen molar-refractivity contribution >= 4 is 21.4 Å². The third-order valence-electron chi connectivity index (χ3n) is 4.28. The van der Waals surface area contributed by atoms with Gasteiger partial charge in [-0.05, 0) is 31.6 Å². The number of nitrogens with one attached hydrogen (secondary N) is 1. The molecule has 10 heteroatoms. The quantitative estimate of drug-likeness (QED) is 0.522. The SMILES string of the molecule is CN(C)CC(C)(C)CNc1ccc(S(=O)(=O)N2CCOCC2)cc1[N+](=O)[O-]. The number of nitro groups is 1. The summed E-state index contributed by atoms with van der Waals surface area (Å²) in [6, 6.07) is 4.02. The lowest BCUT2D eigenvalue weighted by atomic mass is 9.93. The Balaban J connectivity index is 2.25. The lowest BCUT2D eigenvalue weighted by Crippen LogP contribution is -2.40. The number of morpholine rings is 1. The summed E-state index contributed by atoms with van der Waals surface area (Å²) in [5, 5.41) is 14.6. The zero-order chi connectivity index (χ0) is 20.2. The summed E-state index contributed by atoms with van der Waals surface area (Å²) >= 11 is 0. The molecule has 1 aliphatic heterocycles. The Hall–Kier alpha value is -1.75. The Kier molecular flexibility index (Phi) is 6.79. The Bertz CT molecular complexity index is 774. The normalized spacial score (nSPS) is 16.5. The predicted octanol–water partition coefficient (Wildman–Crippen LogP) is 1.62. The second-order valence-corrected chi connectivity index (χ2v) is 9.65. The standard InChI is InChI=1S/C17H28N4O5S/c1-17(2,13-19(3)4)12-18-15-6-5-14(11-16(15)21(22)23)27(24,25)20-7-9-26-10-8-20/h5-6,11,18H,7-10,12-13H2,1-4H3. The van der Waals surface area contributed by atoms with Crippen LogP contribution in [0.1, 0.15) is 13.8 Å². The number of hydrogen-bond donors (Lipinski definition) is 1. The second-order valence-electron chi connectivity index (χ2n) is 7.71. The van der Waals surface area contributed by atoms with Gasteiger partial charge in [0.1, 0.15) is 5.69 Å². The summed E-state index contributed by atoms with van der Waals surface area (Å²) in [6.45, 7) is 6.57. The van der Waals surface area contributed by atoms with Gasteiger partial charge in [0.2, 0.25) is 10.0 Å². The molecule has 1 N–H and O–H groups in total. The van der Waals surface area contributed by atoms with E-state index < -0.39 is 14.9 Å². The van der Waals surface area contributed by atoms with Crippen LogP contribution in [0.15, 0.2) is 23.1 Å². The van der Waals surface area contributed by atoms with Gasteiger partial charge in [0.15, 0.2) is 0 Å². The van der Waals surface area contributed by atoms with Gasteiger partial charge in [-0.15, -0.1) is 0 Å². The number of rotatable bonds is 8. The van der Waals surface area contributed by atoms with Crippen molar-refractivity contribution in [3.05, 3.63) is 28.3 Å². The highest BCUT2D eigenvalue weighted by Crippen LogP contribution is 2.30. The maximum Gasteiger partial charge on any atom is 0.293 e. The van der Waals surface area contributed by atoms with Crippen molar-refractivity contribution in [2.75, 3.05) is 58.8 Å². The molecule has 0 spiro atoms. The van der Waals surface area contributed by atoms with Gasteiger partial charge in [0.25, 0.3) is 5.69 Å². The molecular formula is C17H28N4O5S. The van der Waals surface area contributed by atoms with Gasteiger partial charge >= 0.3 is 0 Å². The van der Waals surface area contributed by atoms with Crippen LogP contribution >= 0.6 is 0 Å². The van der Waals surface area contributed by atoms with E-state index in [0.29, 0.717) is 25.4 Å². The fourth-order valence-corrected chi connectivity index (χ4v) is 4.58. The molecule has 1 aromatic carbocycles. The highest BCUT2D eigenvalue weighted by Gasteiger charge is 2.29. The first-order chi connectivity index (χ1) is 12.5. The molecule has 152 valence electrons. The zero-order valence-corrected chi connectivity index (χ0v) is 17.1. The molecule has 0 radical (unpaired) electrons. The van der Waals surface area contributed by atoms with E-state index in [1.807, 2.05) is 19.0 Å². The smallest absolute Gasteiger partial charge is 0.293 e. The average molecular weight is 401 g/mol. The summed E-state index contributed by atoms with van der Waals surface area (Å²) in [7, 11) is 0.156. The monoisotopic (exact) mass is 400 g/mol. The molecule has 1 heterocycles. The Labute approximate surface area is 160 Å². The van der Waals surface area contributed by atoms with Crippen LogP contribution in [0.5, 0.6) is 0 Å². The maximum absolute atomic E-state index is 12.7. The van der Waals surface area contributed by atoms with E-state index in [9.17, 15) is 18.5 Å². The van der Waals surface area contributed by atoms with Crippen LogP contribution in [0.2, 0.25) is 0 Å². The van der Waals surface area contributed by atoms with Crippen molar-refractivity contribution < 1.29 is 18.1 Å². The van der Waals surface area contributed by atoms with Gasteiger partial charge in [0, 0.05) is 32.2 Å². The van der Waals surface area contributed by atoms with E-state index in [2.05, 4.69) is 19.2 Å². The van der Waals surface area contributed by atoms with Gasteiger partial charge in [-0.1, -0.05) is 13.8 Å². The minimum atomic E-state index is -3.78. The number of ether oxygens (including phenoxy) is 1. The average Bonchev–Trinajstić information content (AvgIpc) is 2.59. The number of nitrogens with zero attached hydrogens (tertiary/aromatic N) is 3. The van der Waals surface area contributed by atoms with Crippen LogP contribution in [0.3, 0.4) is 0 Å². The zero-order valence-electron chi connectivity index (χ0n) is 16.3. The molecular weight excluding hydrogens is 372 g/mol. The van der Waals surface area contributed by atoms with Crippen LogP contribution in [-0.2, 0) is 14.8 Å². The van der Waals surface area contributed by atoms with Gasteiger partial charge < -0.3 is 15.0 Å². The van der Waals surface area contributed by atoms with Crippen molar-refractivity contribution in [1.82, 2.24) is 9.21 Å². The predicted molar refractivity (Wildman–Crippen MR) is 103 cm³/mol. The van der Waals surface area contributed by atoms with Crippen LogP contribution in [0, 0.1) is 15.5 Å². The van der Waals surface area contributed by atoms with Crippen molar-refractivity contribution in [2.45, 2.75) is 18.7 Å². The molecule has 0 saturated carbocycles. The van der Waals surface area contributed by atoms with Gasteiger partial charge in [-0.3, -0.25) is 10.1 Å². The minimum absolute atomic E-state index is 0.0748. The fraction of sp³-hybridized carbons (Fsp3) is 0.647. The highest BCUT2D eigenvalue weighted by atomic mass is 32.2. The van der Waals surface area contributed by atoms with E-state index in [1.54, 1.807) is 0 Å². The van der Waals surface area contributed by atoms with Crippen molar-refractivity contribution in [3.63, 3.8) is 0 Å². The summed E-state index contributed by atoms with van der Waals surface area (Å²) in [6.07, 6.45) is 0. The Morgan fingerprint density at radius 2 is 1.93 bits per heavy atom. The van der Waals surface area contributed by atoms with Crippen LogP contribution in [-0.4, -0.2) is 76.0 Å². The number of anilines is 1. The van der Waals surface area contributed by atoms with E-state index in [0.717, 1.165) is 12.6 Å². The third-order valence-corrected chi connectivity index (χ3v) is 6.17. The van der Waals surface area contributed by atoms with Crippen LogP contribution in [0.4, 0.5) is 11.4 Å². The maximum atomic E-state index is 12.7. The van der Waals surface area contributed by atoms with E-state index in [-0.39, 0.29) is 29.1 Å². The lowest BCUT2D eigenvalue weighted by molar-refractivity contribution is -0.384. The number of nitro benzene ring substituents is 1. The van der Waals surface area contributed by atoms with E-state index in [1.165, 1.54) is 16.4 Å². The van der Waals surface area contributed by atoms with Gasteiger partial charge in [0.05, 0.1) is 23.0 Å². The molecule has 0 aromatic heterocycles. The summed E-state index contributed by atoms with van der Waals surface area (Å²) < 4.78 is 31.9. The highest BCUT2D eigenvalue weighted by molar-refractivity contribution is 7.89. The molecule has 0 unspecified atom stereocenters. The molecule has 1 aliphatic rings. The van der Waals surface area contributed by atoms with Crippen molar-refractivity contribution in [2.24, 2.45) is 5.41 Å². The summed E-state index contributed by atoms with van der Waals surface area (Å²) in [5.74, 6) is 0. The van der Waals surface area contributed by atoms with E-state index >= 15 is 0 Å². The first kappa shape index (κ1) is 21.5. The topological polar surface area (TPSA) is 105 Å². The number of sulfonamides is 1. The lowest BCUT2D eigenvalue weighted by Gasteiger charge is -2.29. The first-order valence-electron chi connectivity index (χ1n) is 8.78. The summed E-state index contributed by atoms with van der Waals surface area (Å²) in [4.78, 5) is 12.9. The summed E-state index contributed by atoms with van der Waals surface area (Å²) in [5.41, 5.74) is -0.0478. The first-order valence-corrected chi connectivity index (χ1v) is 10.2. The molecule has 1 aromatic rings. The molecule has 9 nitrogen and oxygen atoms in total. The minimum Gasteiger partial charge on any atom is -0.379 e. The molecule has 1 saturated heterocycles. The Morgan fingerprint density at radius 1 is 1.30 bits per heavy atom. The molecule has 0 atom stereocenters. The molecule has 1 fully saturated rings. The van der Waals surface area contributed by atoms with Gasteiger partial charge in [-0.2, -0.15) is 4.31 Å². The fourth-order valence-electron chi connectivity index (χ4n) is 3.15. The van der Waals surface area contributed by atoms with Crippen LogP contribution in [0.25, 0.3) is 0 Å². The molecule has 27 heavy (non-hydrogen) atoms. The van der Waals surface area contributed by atoms with Crippen LogP contribution < -0.4 is 5.32 Å². The number of benzene rings is 1. The molecule has 0 aliphatic carbocycles.